The zero-order chi connectivity index (χ0) is 22.4. The molecule has 0 atom stereocenters. The Labute approximate surface area is 183 Å². The fraction of sp³-hybridized carbons (Fsp3) is 0.375. The molecular formula is C24H32BNO3Si. The minimum atomic E-state index is -1.73. The van der Waals surface area contributed by atoms with Crippen molar-refractivity contribution < 1.29 is 14.0 Å². The van der Waals surface area contributed by atoms with Crippen molar-refractivity contribution in [2.75, 3.05) is 25.2 Å². The quantitative estimate of drug-likeness (QED) is 0.299. The highest BCUT2D eigenvalue weighted by Crippen LogP contribution is 2.36. The molecule has 0 saturated heterocycles. The van der Waals surface area contributed by atoms with Gasteiger partial charge in [-0.3, -0.25) is 4.79 Å². The molecule has 0 aromatic heterocycles. The largest absolute Gasteiger partial charge is 0.491 e. The molecule has 2 aromatic carbocycles. The Balaban J connectivity index is 1.85. The third-order valence-electron chi connectivity index (χ3n) is 5.58. The van der Waals surface area contributed by atoms with Crippen LogP contribution in [0.25, 0.3) is 12.2 Å². The van der Waals surface area contributed by atoms with Crippen LogP contribution in [-0.2, 0) is 4.43 Å². The van der Waals surface area contributed by atoms with Crippen molar-refractivity contribution in [2.24, 2.45) is 0 Å². The van der Waals surface area contributed by atoms with E-state index in [-0.39, 0.29) is 5.04 Å². The highest BCUT2D eigenvalue weighted by atomic mass is 28.4. The second-order valence-corrected chi connectivity index (χ2v) is 13.7. The van der Waals surface area contributed by atoms with Gasteiger partial charge in [0, 0.05) is 12.7 Å². The molecule has 2 rings (SSSR count). The van der Waals surface area contributed by atoms with E-state index in [0.717, 1.165) is 22.6 Å². The normalized spacial score (nSPS) is 12.2. The van der Waals surface area contributed by atoms with Gasteiger partial charge in [-0.05, 0) is 53.5 Å². The molecule has 0 unspecified atom stereocenters. The van der Waals surface area contributed by atoms with Crippen LogP contribution in [0.1, 0.15) is 31.9 Å². The smallest absolute Gasteiger partial charge is 0.201 e. The molecule has 0 heterocycles. The predicted molar refractivity (Wildman–Crippen MR) is 130 cm³/mol. The van der Waals surface area contributed by atoms with Crippen molar-refractivity contribution in [3.63, 3.8) is 0 Å². The molecule has 6 heteroatoms. The van der Waals surface area contributed by atoms with Crippen LogP contribution in [0.15, 0.2) is 48.5 Å². The maximum Gasteiger partial charge on any atom is 0.201 e. The topological polar surface area (TPSA) is 38.8 Å². The molecule has 30 heavy (non-hydrogen) atoms. The van der Waals surface area contributed by atoms with Crippen LogP contribution in [0.5, 0.6) is 5.75 Å². The fourth-order valence-corrected chi connectivity index (χ4v) is 3.50. The van der Waals surface area contributed by atoms with Gasteiger partial charge in [0.05, 0.1) is 6.61 Å². The number of carbonyl (C=O) groups is 1. The fourth-order valence-electron chi connectivity index (χ4n) is 2.48. The number of benzene rings is 2. The van der Waals surface area contributed by atoms with Gasteiger partial charge in [0.2, 0.25) is 7.85 Å². The Morgan fingerprint density at radius 3 is 1.93 bits per heavy atom. The molecular weight excluding hydrogens is 389 g/mol. The Hall–Kier alpha value is -2.31. The first kappa shape index (κ1) is 24.0. The summed E-state index contributed by atoms with van der Waals surface area (Å²) in [5, 5.41) is 0.207. The molecule has 4 nitrogen and oxygen atoms in total. The summed E-state index contributed by atoms with van der Waals surface area (Å²) in [6, 6.07) is 15.6. The first-order valence-corrected chi connectivity index (χ1v) is 13.1. The van der Waals surface area contributed by atoms with Crippen molar-refractivity contribution in [1.29, 1.82) is 0 Å². The summed E-state index contributed by atoms with van der Waals surface area (Å²) < 4.78 is 12.0. The van der Waals surface area contributed by atoms with Crippen molar-refractivity contribution in [2.45, 2.75) is 38.9 Å². The number of anilines is 1. The van der Waals surface area contributed by atoms with Crippen molar-refractivity contribution in [1.82, 2.24) is 0 Å². The first-order valence-electron chi connectivity index (χ1n) is 10.2. The minimum Gasteiger partial charge on any atom is -0.491 e. The molecule has 2 aromatic rings. The van der Waals surface area contributed by atoms with E-state index in [0.29, 0.717) is 13.2 Å². The van der Waals surface area contributed by atoms with Gasteiger partial charge in [-0.2, -0.15) is 0 Å². The van der Waals surface area contributed by atoms with Gasteiger partial charge in [-0.15, -0.1) is 0 Å². The second kappa shape index (κ2) is 10.1. The summed E-state index contributed by atoms with van der Waals surface area (Å²) in [4.78, 5) is 12.6. The van der Waals surface area contributed by atoms with E-state index >= 15 is 0 Å². The SMILES string of the molecule is [B]C(=O)N(C)c1ccc(C=Cc2ccc(OCCO[Si](C)(C)C(C)(C)C)cc2)cc1. The van der Waals surface area contributed by atoms with E-state index in [9.17, 15) is 4.79 Å². The number of nitrogens with zero attached hydrogens (tertiary/aromatic N) is 1. The van der Waals surface area contributed by atoms with E-state index in [4.69, 9.17) is 17.0 Å². The molecule has 0 saturated carbocycles. The first-order chi connectivity index (χ1) is 14.0. The maximum atomic E-state index is 11.2. The number of amides is 1. The molecule has 0 aliphatic rings. The van der Waals surface area contributed by atoms with Crippen LogP contribution < -0.4 is 9.64 Å². The zero-order valence-corrected chi connectivity index (χ0v) is 19.9. The maximum absolute atomic E-state index is 11.2. The van der Waals surface area contributed by atoms with Crippen LogP contribution >= 0.6 is 0 Å². The number of hydrogen-bond acceptors (Lipinski definition) is 3. The minimum absolute atomic E-state index is 0.207. The number of rotatable bonds is 8. The third kappa shape index (κ3) is 6.89. The van der Waals surface area contributed by atoms with Gasteiger partial charge in [0.15, 0.2) is 14.1 Å². The lowest BCUT2D eigenvalue weighted by Crippen LogP contribution is -2.41. The van der Waals surface area contributed by atoms with Gasteiger partial charge >= 0.3 is 0 Å². The highest BCUT2D eigenvalue weighted by Gasteiger charge is 2.36. The van der Waals surface area contributed by atoms with Crippen molar-refractivity contribution in [3.8, 4) is 5.75 Å². The average Bonchev–Trinajstić information content (AvgIpc) is 2.69. The van der Waals surface area contributed by atoms with Crippen LogP contribution in [0.2, 0.25) is 18.1 Å². The molecule has 0 aliphatic carbocycles. The molecule has 2 radical (unpaired) electrons. The van der Waals surface area contributed by atoms with Crippen LogP contribution in [0, 0.1) is 0 Å². The van der Waals surface area contributed by atoms with E-state index in [1.807, 2.05) is 60.7 Å². The number of hydrogen-bond donors (Lipinski definition) is 0. The molecule has 158 valence electrons. The summed E-state index contributed by atoms with van der Waals surface area (Å²) in [5.74, 6) is 0.358. The van der Waals surface area contributed by atoms with Gasteiger partial charge < -0.3 is 14.1 Å². The monoisotopic (exact) mass is 421 g/mol. The van der Waals surface area contributed by atoms with E-state index in [2.05, 4.69) is 33.9 Å². The van der Waals surface area contributed by atoms with Crippen LogP contribution in [-0.4, -0.2) is 42.2 Å². The summed E-state index contributed by atoms with van der Waals surface area (Å²) in [7, 11) is 5.21. The lowest BCUT2D eigenvalue weighted by molar-refractivity contribution is 0.203. The molecule has 0 spiro atoms. The summed E-state index contributed by atoms with van der Waals surface area (Å²) >= 11 is 0. The highest BCUT2D eigenvalue weighted by molar-refractivity contribution is 6.74. The van der Waals surface area contributed by atoms with Gasteiger partial charge in [-0.25, -0.2) is 0 Å². The standard InChI is InChI=1S/C24H32BNO3Si/c1-24(2,3)30(5,6)29-18-17-28-22-15-11-20(12-16-22)8-7-19-9-13-21(14-10-19)26(4)23(25)27/h7-16H,17-18H2,1-6H3. The molecule has 0 fully saturated rings. The van der Waals surface area contributed by atoms with Gasteiger partial charge in [-0.1, -0.05) is 57.2 Å². The predicted octanol–water partition coefficient (Wildman–Crippen LogP) is 5.98. The summed E-state index contributed by atoms with van der Waals surface area (Å²) in [6.07, 6.45) is 4.06. The second-order valence-electron chi connectivity index (χ2n) is 8.85. The van der Waals surface area contributed by atoms with Crippen LogP contribution in [0.3, 0.4) is 0 Å². The van der Waals surface area contributed by atoms with Crippen molar-refractivity contribution in [3.05, 3.63) is 59.7 Å². The lowest BCUT2D eigenvalue weighted by Gasteiger charge is -2.36. The zero-order valence-electron chi connectivity index (χ0n) is 18.9. The lowest BCUT2D eigenvalue weighted by atomic mass is 10.1. The average molecular weight is 421 g/mol. The number of carbonyl (C=O) groups excluding carboxylic acids is 1. The summed E-state index contributed by atoms with van der Waals surface area (Å²) in [6.45, 7) is 12.4. The Kier molecular flexibility index (Phi) is 8.10. The molecule has 0 bridgehead atoms. The Bertz CT molecular complexity index is 856. The van der Waals surface area contributed by atoms with Crippen molar-refractivity contribution >= 4 is 39.8 Å². The van der Waals surface area contributed by atoms with Gasteiger partial charge in [0.25, 0.3) is 0 Å². The summed E-state index contributed by atoms with van der Waals surface area (Å²) in [5.41, 5.74) is 2.89. The van der Waals surface area contributed by atoms with Gasteiger partial charge in [0.1, 0.15) is 12.4 Å². The molecule has 1 amide bonds. The van der Waals surface area contributed by atoms with E-state index in [1.54, 1.807) is 7.05 Å². The van der Waals surface area contributed by atoms with E-state index < -0.39 is 14.1 Å². The Morgan fingerprint density at radius 1 is 0.967 bits per heavy atom. The Morgan fingerprint density at radius 2 is 1.47 bits per heavy atom. The molecule has 0 N–H and O–H groups in total. The van der Waals surface area contributed by atoms with Crippen LogP contribution in [0.4, 0.5) is 10.5 Å². The number of ether oxygens (including phenoxy) is 1. The molecule has 0 aliphatic heterocycles. The third-order valence-corrected chi connectivity index (χ3v) is 10.1. The van der Waals surface area contributed by atoms with E-state index in [1.165, 1.54) is 4.90 Å².